The van der Waals surface area contributed by atoms with Crippen LogP contribution in [-0.2, 0) is 0 Å². The van der Waals surface area contributed by atoms with E-state index in [1.165, 1.54) is 38.5 Å². The van der Waals surface area contributed by atoms with E-state index in [9.17, 15) is 0 Å². The molecule has 1 aromatic rings. The number of hydrogen-bond donors (Lipinski definition) is 2. The fraction of sp³-hybridized carbons (Fsp3) is 0.750. The normalized spacial score (nSPS) is 36.8. The lowest BCUT2D eigenvalue weighted by Gasteiger charge is -2.57. The molecular formula is C16H25N5. The van der Waals surface area contributed by atoms with Crippen molar-refractivity contribution >= 4 is 17.3 Å². The van der Waals surface area contributed by atoms with Crippen LogP contribution in [0.3, 0.4) is 0 Å². The molecule has 0 aromatic carbocycles. The van der Waals surface area contributed by atoms with Crippen LogP contribution in [0.5, 0.6) is 0 Å². The van der Waals surface area contributed by atoms with Crippen molar-refractivity contribution in [3.8, 4) is 0 Å². The van der Waals surface area contributed by atoms with Crippen molar-refractivity contribution in [2.75, 3.05) is 30.0 Å². The quantitative estimate of drug-likeness (QED) is 0.894. The lowest BCUT2D eigenvalue weighted by molar-refractivity contribution is 0.0106. The van der Waals surface area contributed by atoms with E-state index in [0.717, 1.165) is 29.4 Å². The van der Waals surface area contributed by atoms with Gasteiger partial charge < -0.3 is 16.0 Å². The highest BCUT2D eigenvalue weighted by atomic mass is 15.2. The zero-order valence-corrected chi connectivity index (χ0v) is 13.0. The molecule has 4 aliphatic carbocycles. The summed E-state index contributed by atoms with van der Waals surface area (Å²) in [6.45, 7) is 0. The molecule has 1 heterocycles. The van der Waals surface area contributed by atoms with Crippen LogP contribution in [0, 0.1) is 17.8 Å². The molecule has 0 saturated heterocycles. The lowest BCUT2D eigenvalue weighted by Crippen LogP contribution is -2.55. The van der Waals surface area contributed by atoms with E-state index in [4.69, 9.17) is 5.73 Å². The summed E-state index contributed by atoms with van der Waals surface area (Å²) in [6.07, 6.45) is 9.84. The third kappa shape index (κ3) is 2.14. The summed E-state index contributed by atoms with van der Waals surface area (Å²) in [6, 6.07) is 0. The summed E-state index contributed by atoms with van der Waals surface area (Å²) in [5.74, 6) is 4.38. The zero-order valence-electron chi connectivity index (χ0n) is 13.0. The largest absolute Gasteiger partial charge is 0.393 e. The number of rotatable bonds is 3. The van der Waals surface area contributed by atoms with Crippen LogP contribution in [0.1, 0.15) is 38.5 Å². The van der Waals surface area contributed by atoms with Crippen LogP contribution < -0.4 is 16.0 Å². The number of anilines is 3. The van der Waals surface area contributed by atoms with Gasteiger partial charge in [-0.3, -0.25) is 0 Å². The van der Waals surface area contributed by atoms with Gasteiger partial charge in [0.05, 0.1) is 0 Å². The SMILES string of the molecule is CN(C)c1ncnc(NC23CC4CC(CC(C4)C2)C3)c1N. The highest BCUT2D eigenvalue weighted by Crippen LogP contribution is 2.56. The summed E-state index contributed by atoms with van der Waals surface area (Å²) in [7, 11) is 3.93. The minimum atomic E-state index is 0.237. The van der Waals surface area contributed by atoms with Crippen LogP contribution >= 0.6 is 0 Å². The van der Waals surface area contributed by atoms with Gasteiger partial charge in [0.25, 0.3) is 0 Å². The van der Waals surface area contributed by atoms with Gasteiger partial charge >= 0.3 is 0 Å². The Morgan fingerprint density at radius 2 is 1.67 bits per heavy atom. The summed E-state index contributed by atoms with van der Waals surface area (Å²) in [5, 5.41) is 3.75. The van der Waals surface area contributed by atoms with Gasteiger partial charge in [-0.1, -0.05) is 0 Å². The van der Waals surface area contributed by atoms with E-state index in [-0.39, 0.29) is 5.54 Å². The first-order chi connectivity index (χ1) is 10.0. The molecule has 4 saturated carbocycles. The summed E-state index contributed by atoms with van der Waals surface area (Å²) in [5.41, 5.74) is 7.20. The number of nitrogen functional groups attached to an aromatic ring is 1. The maximum atomic E-state index is 6.28. The van der Waals surface area contributed by atoms with Gasteiger partial charge in [0.15, 0.2) is 11.6 Å². The molecule has 4 bridgehead atoms. The second kappa shape index (κ2) is 4.49. The summed E-state index contributed by atoms with van der Waals surface area (Å²) < 4.78 is 0. The number of nitrogens with two attached hydrogens (primary N) is 1. The summed E-state index contributed by atoms with van der Waals surface area (Å²) in [4.78, 5) is 10.7. The van der Waals surface area contributed by atoms with E-state index in [1.54, 1.807) is 6.33 Å². The second-order valence-electron chi connectivity index (χ2n) is 7.68. The number of aromatic nitrogens is 2. The molecule has 5 heteroatoms. The van der Waals surface area contributed by atoms with Crippen molar-refractivity contribution in [2.24, 2.45) is 17.8 Å². The standard InChI is InChI=1S/C16H25N5/c1-21(2)15-13(17)14(18-9-19-15)20-16-6-10-3-11(7-16)5-12(4-10)8-16/h9-12H,3-8,17H2,1-2H3,(H,18,19,20). The zero-order chi connectivity index (χ0) is 14.6. The van der Waals surface area contributed by atoms with Crippen LogP contribution in [-0.4, -0.2) is 29.6 Å². The molecule has 3 N–H and O–H groups in total. The van der Waals surface area contributed by atoms with Gasteiger partial charge in [-0.2, -0.15) is 0 Å². The molecule has 0 radical (unpaired) electrons. The Morgan fingerprint density at radius 1 is 1.10 bits per heavy atom. The van der Waals surface area contributed by atoms with Crippen molar-refractivity contribution in [3.63, 3.8) is 0 Å². The molecular weight excluding hydrogens is 262 g/mol. The van der Waals surface area contributed by atoms with Crippen LogP contribution in [0.4, 0.5) is 17.3 Å². The molecule has 5 nitrogen and oxygen atoms in total. The topological polar surface area (TPSA) is 67.1 Å². The average Bonchev–Trinajstić information content (AvgIpc) is 2.39. The van der Waals surface area contributed by atoms with Gasteiger partial charge in [-0.05, 0) is 56.3 Å². The first kappa shape index (κ1) is 13.2. The molecule has 0 amide bonds. The van der Waals surface area contributed by atoms with Crippen LogP contribution in [0.25, 0.3) is 0 Å². The number of hydrogen-bond acceptors (Lipinski definition) is 5. The molecule has 5 rings (SSSR count). The monoisotopic (exact) mass is 287 g/mol. The Kier molecular flexibility index (Phi) is 2.81. The smallest absolute Gasteiger partial charge is 0.156 e. The van der Waals surface area contributed by atoms with E-state index in [0.29, 0.717) is 5.69 Å². The van der Waals surface area contributed by atoms with Crippen molar-refractivity contribution in [3.05, 3.63) is 6.33 Å². The highest BCUT2D eigenvalue weighted by molar-refractivity contribution is 5.75. The molecule has 0 atom stereocenters. The average molecular weight is 287 g/mol. The maximum Gasteiger partial charge on any atom is 0.156 e. The van der Waals surface area contributed by atoms with Crippen LogP contribution in [0.2, 0.25) is 0 Å². The molecule has 0 spiro atoms. The molecule has 4 fully saturated rings. The number of nitrogens with one attached hydrogen (secondary N) is 1. The number of nitrogens with zero attached hydrogens (tertiary/aromatic N) is 3. The van der Waals surface area contributed by atoms with Crippen molar-refractivity contribution in [1.29, 1.82) is 0 Å². The first-order valence-corrected chi connectivity index (χ1v) is 8.11. The fourth-order valence-electron chi connectivity index (χ4n) is 5.36. The maximum absolute atomic E-state index is 6.28. The predicted molar refractivity (Wildman–Crippen MR) is 85.3 cm³/mol. The van der Waals surface area contributed by atoms with Gasteiger partial charge in [-0.25, -0.2) is 9.97 Å². The molecule has 4 aliphatic rings. The van der Waals surface area contributed by atoms with Crippen molar-refractivity contribution in [1.82, 2.24) is 9.97 Å². The Hall–Kier alpha value is -1.52. The Labute approximate surface area is 126 Å². The summed E-state index contributed by atoms with van der Waals surface area (Å²) >= 11 is 0. The first-order valence-electron chi connectivity index (χ1n) is 8.11. The molecule has 114 valence electrons. The van der Waals surface area contributed by atoms with Gasteiger partial charge in [0.1, 0.15) is 12.0 Å². The minimum absolute atomic E-state index is 0.237. The molecule has 0 aliphatic heterocycles. The predicted octanol–water partition coefficient (Wildman–Crippen LogP) is 2.51. The van der Waals surface area contributed by atoms with Crippen LogP contribution in [0.15, 0.2) is 6.33 Å². The third-order valence-corrected chi connectivity index (χ3v) is 5.71. The van der Waals surface area contributed by atoms with Crippen molar-refractivity contribution < 1.29 is 0 Å². The Morgan fingerprint density at radius 3 is 2.19 bits per heavy atom. The third-order valence-electron chi connectivity index (χ3n) is 5.71. The van der Waals surface area contributed by atoms with E-state index < -0.39 is 0 Å². The molecule has 1 aromatic heterocycles. The molecule has 0 unspecified atom stereocenters. The second-order valence-corrected chi connectivity index (χ2v) is 7.68. The minimum Gasteiger partial charge on any atom is -0.393 e. The van der Waals surface area contributed by atoms with E-state index in [2.05, 4.69) is 15.3 Å². The van der Waals surface area contributed by atoms with E-state index in [1.807, 2.05) is 19.0 Å². The Balaban J connectivity index is 1.63. The Bertz CT molecular complexity index is 518. The molecule has 21 heavy (non-hydrogen) atoms. The van der Waals surface area contributed by atoms with E-state index >= 15 is 0 Å². The van der Waals surface area contributed by atoms with Gasteiger partial charge in [0.2, 0.25) is 0 Å². The van der Waals surface area contributed by atoms with Crippen molar-refractivity contribution in [2.45, 2.75) is 44.1 Å². The van der Waals surface area contributed by atoms with Gasteiger partial charge in [0, 0.05) is 19.6 Å². The highest BCUT2D eigenvalue weighted by Gasteiger charge is 2.51. The fourth-order valence-corrected chi connectivity index (χ4v) is 5.36. The van der Waals surface area contributed by atoms with Gasteiger partial charge in [-0.15, -0.1) is 0 Å². The lowest BCUT2D eigenvalue weighted by atomic mass is 9.53.